The van der Waals surface area contributed by atoms with E-state index < -0.39 is 23.1 Å². The number of carbonyl (C=O) groups excluding carboxylic acids is 1. The third-order valence-electron chi connectivity index (χ3n) is 4.12. The predicted molar refractivity (Wildman–Crippen MR) is 127 cm³/mol. The number of nitrogens with one attached hydrogen (secondary N) is 2. The fourth-order valence-electron chi connectivity index (χ4n) is 2.80. The molecule has 33 heavy (non-hydrogen) atoms. The number of halogens is 2. The number of urea groups is 1. The van der Waals surface area contributed by atoms with Crippen molar-refractivity contribution in [2.45, 2.75) is 9.10 Å². The molecule has 2 heterocycles. The smallest absolute Gasteiger partial charge is 0.386 e. The number of aromatic amines is 1. The molecule has 2 amide bonds. The third-order valence-corrected chi connectivity index (χ3v) is 6.49. The minimum absolute atomic E-state index is 0. The van der Waals surface area contributed by atoms with Crippen LogP contribution in [0.25, 0.3) is 16.6 Å². The first kappa shape index (κ1) is 27.0. The molecule has 0 radical (unpaired) electrons. The normalized spacial score (nSPS) is 10.2. The van der Waals surface area contributed by atoms with Gasteiger partial charge in [-0.2, -0.15) is 0 Å². The number of hydrogen-bond acceptors (Lipinski definition) is 6. The predicted octanol–water partition coefficient (Wildman–Crippen LogP) is 0.754. The van der Waals surface area contributed by atoms with Gasteiger partial charge in [0.05, 0.1) is 30.8 Å². The average Bonchev–Trinajstić information content (AvgIpc) is 3.14. The fourth-order valence-corrected chi connectivity index (χ4v) is 5.07. The SMILES string of the molecule is CNc1cc2[nH]c(=O)n(-c3ccc(Sc4ccc(Cl)s4)cc3)c(=O)c2cc1F.NC(N)=O.[Na+]. The Morgan fingerprint density at radius 1 is 1.15 bits per heavy atom. The van der Waals surface area contributed by atoms with Crippen LogP contribution in [-0.2, 0) is 0 Å². The van der Waals surface area contributed by atoms with Crippen molar-refractivity contribution in [3.63, 3.8) is 0 Å². The molecule has 13 heteroatoms. The molecule has 2 aromatic carbocycles. The summed E-state index contributed by atoms with van der Waals surface area (Å²) >= 11 is 8.95. The number of hydrogen-bond donors (Lipinski definition) is 4. The van der Waals surface area contributed by atoms with Crippen LogP contribution in [0.1, 0.15) is 0 Å². The van der Waals surface area contributed by atoms with Gasteiger partial charge in [-0.05, 0) is 48.5 Å². The van der Waals surface area contributed by atoms with Crippen molar-refractivity contribution >= 4 is 57.3 Å². The van der Waals surface area contributed by atoms with E-state index in [1.54, 1.807) is 19.2 Å². The van der Waals surface area contributed by atoms with Gasteiger partial charge in [0.1, 0.15) is 5.82 Å². The second kappa shape index (κ2) is 11.7. The van der Waals surface area contributed by atoms with Crippen molar-refractivity contribution in [1.82, 2.24) is 9.55 Å². The number of anilines is 1. The van der Waals surface area contributed by atoms with Gasteiger partial charge in [0.25, 0.3) is 5.56 Å². The van der Waals surface area contributed by atoms with Crippen LogP contribution in [0.4, 0.5) is 14.9 Å². The van der Waals surface area contributed by atoms with Gasteiger partial charge in [-0.3, -0.25) is 4.79 Å². The van der Waals surface area contributed by atoms with Gasteiger partial charge in [-0.25, -0.2) is 18.5 Å². The van der Waals surface area contributed by atoms with Gasteiger partial charge in [-0.1, -0.05) is 23.4 Å². The molecular formula is C20H17ClFN5NaO3S2+. The molecule has 0 unspecified atom stereocenters. The Kier molecular flexibility index (Phi) is 9.58. The number of aromatic nitrogens is 2. The van der Waals surface area contributed by atoms with Crippen LogP contribution in [0.2, 0.25) is 4.34 Å². The van der Waals surface area contributed by atoms with E-state index in [1.807, 2.05) is 24.3 Å². The summed E-state index contributed by atoms with van der Waals surface area (Å²) in [6, 6.07) is 12.4. The zero-order valence-corrected chi connectivity index (χ0v) is 21.9. The molecule has 0 aliphatic heterocycles. The molecule has 0 aliphatic rings. The maximum Gasteiger partial charge on any atom is 1.00 e. The van der Waals surface area contributed by atoms with Crippen molar-refractivity contribution in [3.05, 3.63) is 79.5 Å². The standard InChI is InChI=1S/C19H13ClFN3O2S2.CH4N2O.Na/c1-22-15-9-14-12(8-13(15)21)18(25)24(19(26)23-14)10-2-4-11(5-3-10)27-17-7-6-16(20)28-17;2-1(3)4;/h2-9,22H,1H3,(H,23,26);(H4,2,3,4);/q;;+1. The van der Waals surface area contributed by atoms with Gasteiger partial charge in [0.2, 0.25) is 0 Å². The maximum atomic E-state index is 14.1. The fraction of sp³-hybridized carbons (Fsp3) is 0.0500. The Balaban J connectivity index is 0.000000714. The Morgan fingerprint density at radius 3 is 2.33 bits per heavy atom. The van der Waals surface area contributed by atoms with Gasteiger partial charge >= 0.3 is 41.3 Å². The van der Waals surface area contributed by atoms with Crippen LogP contribution in [-0.4, -0.2) is 22.6 Å². The third kappa shape index (κ3) is 6.62. The second-order valence-electron chi connectivity index (χ2n) is 6.26. The van der Waals surface area contributed by atoms with E-state index in [0.29, 0.717) is 10.0 Å². The number of amides is 2. The van der Waals surface area contributed by atoms with Gasteiger partial charge in [0, 0.05) is 11.9 Å². The van der Waals surface area contributed by atoms with Crippen LogP contribution in [0, 0.1) is 5.82 Å². The summed E-state index contributed by atoms with van der Waals surface area (Å²) in [6.07, 6.45) is 0. The van der Waals surface area contributed by atoms with Gasteiger partial charge in [-0.15, -0.1) is 11.3 Å². The summed E-state index contributed by atoms with van der Waals surface area (Å²) in [5.41, 5.74) is 8.22. The van der Waals surface area contributed by atoms with Crippen LogP contribution in [0.3, 0.4) is 0 Å². The molecule has 0 atom stereocenters. The van der Waals surface area contributed by atoms with E-state index in [9.17, 15) is 14.0 Å². The number of H-pyrrole nitrogens is 1. The molecule has 0 saturated heterocycles. The Hall–Kier alpha value is -2.28. The zero-order chi connectivity index (χ0) is 23.4. The van der Waals surface area contributed by atoms with Crippen molar-refractivity contribution in [1.29, 1.82) is 0 Å². The van der Waals surface area contributed by atoms with Crippen molar-refractivity contribution in [2.24, 2.45) is 11.5 Å². The topological polar surface area (TPSA) is 136 Å². The Labute approximate surface area is 222 Å². The molecule has 0 bridgehead atoms. The van der Waals surface area contributed by atoms with E-state index in [0.717, 1.165) is 19.7 Å². The van der Waals surface area contributed by atoms with E-state index in [-0.39, 0.29) is 46.1 Å². The molecule has 2 aromatic heterocycles. The van der Waals surface area contributed by atoms with Crippen LogP contribution in [0.15, 0.2) is 67.2 Å². The van der Waals surface area contributed by atoms with Crippen molar-refractivity contribution < 1.29 is 38.7 Å². The van der Waals surface area contributed by atoms with Crippen molar-refractivity contribution in [3.8, 4) is 5.69 Å². The molecule has 0 spiro atoms. The Morgan fingerprint density at radius 2 is 1.79 bits per heavy atom. The van der Waals surface area contributed by atoms with Gasteiger partial charge < -0.3 is 21.8 Å². The van der Waals surface area contributed by atoms with E-state index >= 15 is 0 Å². The first-order valence-corrected chi connectivity index (χ1v) is 11.0. The second-order valence-corrected chi connectivity index (χ2v) is 9.34. The van der Waals surface area contributed by atoms with Crippen LogP contribution < -0.4 is 57.6 Å². The first-order valence-electron chi connectivity index (χ1n) is 8.94. The van der Waals surface area contributed by atoms with E-state index in [1.165, 1.54) is 29.2 Å². The summed E-state index contributed by atoms with van der Waals surface area (Å²) in [5.74, 6) is -0.563. The van der Waals surface area contributed by atoms with Crippen LogP contribution >= 0.6 is 34.7 Å². The minimum atomic E-state index is -0.833. The van der Waals surface area contributed by atoms with Gasteiger partial charge in [0.15, 0.2) is 0 Å². The monoisotopic (exact) mass is 516 g/mol. The Bertz CT molecular complexity index is 1400. The molecule has 0 fully saturated rings. The number of thiophene rings is 1. The molecule has 166 valence electrons. The van der Waals surface area contributed by atoms with Crippen molar-refractivity contribution in [2.75, 3.05) is 12.4 Å². The molecule has 4 rings (SSSR count). The number of carbonyl (C=O) groups is 1. The number of nitrogens with two attached hydrogens (primary N) is 2. The summed E-state index contributed by atoms with van der Waals surface area (Å²) in [7, 11) is 1.56. The number of primary amides is 2. The zero-order valence-electron chi connectivity index (χ0n) is 17.5. The van der Waals surface area contributed by atoms with E-state index in [4.69, 9.17) is 16.4 Å². The summed E-state index contributed by atoms with van der Waals surface area (Å²) in [4.78, 5) is 37.9. The minimum Gasteiger partial charge on any atom is -0.386 e. The molecule has 0 saturated carbocycles. The maximum absolute atomic E-state index is 14.1. The number of fused-ring (bicyclic) bond motifs is 1. The molecule has 0 aliphatic carbocycles. The molecular weight excluding hydrogens is 500 g/mol. The summed E-state index contributed by atoms with van der Waals surface area (Å²) in [5, 5.41) is 2.78. The number of benzene rings is 2. The molecule has 4 aromatic rings. The average molecular weight is 517 g/mol. The molecule has 8 nitrogen and oxygen atoms in total. The first-order chi connectivity index (χ1) is 15.2. The quantitative estimate of drug-likeness (QED) is 0.297. The van der Waals surface area contributed by atoms with E-state index in [2.05, 4.69) is 21.8 Å². The number of rotatable bonds is 4. The number of nitrogens with zero attached hydrogens (tertiary/aromatic N) is 1. The summed E-state index contributed by atoms with van der Waals surface area (Å²) < 4.78 is 16.8. The summed E-state index contributed by atoms with van der Waals surface area (Å²) in [6.45, 7) is 0. The van der Waals surface area contributed by atoms with Crippen LogP contribution in [0.5, 0.6) is 0 Å². The molecule has 6 N–H and O–H groups in total. The largest absolute Gasteiger partial charge is 1.00 e.